The lowest BCUT2D eigenvalue weighted by atomic mass is 9.87. The molecule has 0 spiro atoms. The number of carbonyl (C=O) groups excluding carboxylic acids is 1. The molecule has 0 aliphatic rings. The van der Waals surface area contributed by atoms with Gasteiger partial charge in [-0.3, -0.25) is 0 Å². The first-order chi connectivity index (χ1) is 8.43. The van der Waals surface area contributed by atoms with Crippen LogP contribution in [0, 0.1) is 0 Å². The van der Waals surface area contributed by atoms with Crippen LogP contribution in [0.4, 0.5) is 0 Å². The van der Waals surface area contributed by atoms with Crippen LogP contribution in [-0.2, 0) is 4.79 Å². The summed E-state index contributed by atoms with van der Waals surface area (Å²) in [6.45, 7) is 1.18. The van der Waals surface area contributed by atoms with Crippen LogP contribution < -0.4 is 0 Å². The normalized spacial score (nSPS) is 20.3. The highest BCUT2D eigenvalue weighted by Gasteiger charge is 2.43. The van der Waals surface area contributed by atoms with Crippen molar-refractivity contribution in [2.45, 2.75) is 50.1 Å². The van der Waals surface area contributed by atoms with E-state index < -0.39 is 30.5 Å². The Morgan fingerprint density at radius 2 is 1.89 bits per heavy atom. The summed E-state index contributed by atoms with van der Waals surface area (Å²) in [6, 6.07) is 0. The van der Waals surface area contributed by atoms with Crippen LogP contribution in [0.15, 0.2) is 12.2 Å². The summed E-state index contributed by atoms with van der Waals surface area (Å²) in [5.74, 6) is 0. The van der Waals surface area contributed by atoms with E-state index in [1.54, 1.807) is 0 Å². The standard InChI is InChI=1S/C12H22O6/c1-2-3-4-5-6-12(18,10(16)8-14)11(17)9(15)7-13/h5-6,8-11,13,15-18H,2-4,7H2,1H3/b6-5-/t9-,10+,11+,12-/m1/s1. The molecule has 0 aliphatic heterocycles. The average molecular weight is 262 g/mol. The second-order valence-corrected chi connectivity index (χ2v) is 4.21. The predicted octanol–water partition coefficient (Wildman–Crippen LogP) is -1.26. The van der Waals surface area contributed by atoms with Crippen molar-refractivity contribution in [1.82, 2.24) is 0 Å². The van der Waals surface area contributed by atoms with Gasteiger partial charge < -0.3 is 30.3 Å². The summed E-state index contributed by atoms with van der Waals surface area (Å²) in [4.78, 5) is 10.6. The van der Waals surface area contributed by atoms with Gasteiger partial charge in [0.1, 0.15) is 23.9 Å². The molecule has 0 aromatic rings. The van der Waals surface area contributed by atoms with Gasteiger partial charge in [0, 0.05) is 0 Å². The second kappa shape index (κ2) is 8.34. The van der Waals surface area contributed by atoms with E-state index in [1.165, 1.54) is 6.08 Å². The van der Waals surface area contributed by atoms with Crippen LogP contribution in [0.2, 0.25) is 0 Å². The molecule has 18 heavy (non-hydrogen) atoms. The molecule has 0 saturated carbocycles. The van der Waals surface area contributed by atoms with Crippen LogP contribution >= 0.6 is 0 Å². The predicted molar refractivity (Wildman–Crippen MR) is 64.8 cm³/mol. The summed E-state index contributed by atoms with van der Waals surface area (Å²) in [6.07, 6.45) is -0.338. The topological polar surface area (TPSA) is 118 Å². The largest absolute Gasteiger partial charge is 0.394 e. The van der Waals surface area contributed by atoms with Crippen molar-refractivity contribution in [3.63, 3.8) is 0 Å². The molecule has 4 atom stereocenters. The molecule has 0 unspecified atom stereocenters. The molecule has 0 aromatic heterocycles. The number of unbranched alkanes of at least 4 members (excludes halogenated alkanes) is 2. The quantitative estimate of drug-likeness (QED) is 0.201. The van der Waals surface area contributed by atoms with Gasteiger partial charge >= 0.3 is 0 Å². The Bertz CT molecular complexity index is 267. The van der Waals surface area contributed by atoms with E-state index in [-0.39, 0.29) is 6.29 Å². The van der Waals surface area contributed by atoms with Gasteiger partial charge in [-0.05, 0) is 6.42 Å². The fourth-order valence-electron chi connectivity index (χ4n) is 1.48. The molecule has 0 heterocycles. The number of rotatable bonds is 9. The zero-order valence-electron chi connectivity index (χ0n) is 10.4. The smallest absolute Gasteiger partial charge is 0.151 e. The third-order valence-corrected chi connectivity index (χ3v) is 2.74. The molecular formula is C12H22O6. The molecule has 0 saturated heterocycles. The number of aliphatic hydroxyl groups excluding tert-OH is 4. The van der Waals surface area contributed by atoms with Crippen LogP contribution in [0.5, 0.6) is 0 Å². The first-order valence-electron chi connectivity index (χ1n) is 5.94. The minimum atomic E-state index is -2.31. The molecule has 6 nitrogen and oxygen atoms in total. The van der Waals surface area contributed by atoms with Gasteiger partial charge in [0.05, 0.1) is 6.61 Å². The minimum absolute atomic E-state index is 0.0669. The Kier molecular flexibility index (Phi) is 7.97. The number of allylic oxidation sites excluding steroid dienone is 1. The van der Waals surface area contributed by atoms with Crippen molar-refractivity contribution in [2.24, 2.45) is 0 Å². The maximum atomic E-state index is 10.6. The minimum Gasteiger partial charge on any atom is -0.394 e. The Balaban J connectivity index is 4.93. The lowest BCUT2D eigenvalue weighted by Crippen LogP contribution is -2.56. The molecule has 0 aliphatic carbocycles. The molecule has 6 heteroatoms. The molecule has 0 aromatic carbocycles. The van der Waals surface area contributed by atoms with Gasteiger partial charge in [-0.15, -0.1) is 0 Å². The van der Waals surface area contributed by atoms with Crippen LogP contribution in [0.25, 0.3) is 0 Å². The van der Waals surface area contributed by atoms with Crippen molar-refractivity contribution in [1.29, 1.82) is 0 Å². The van der Waals surface area contributed by atoms with E-state index in [2.05, 4.69) is 0 Å². The van der Waals surface area contributed by atoms with Gasteiger partial charge in [0.2, 0.25) is 0 Å². The van der Waals surface area contributed by atoms with E-state index in [0.29, 0.717) is 6.42 Å². The first kappa shape index (κ1) is 17.2. The van der Waals surface area contributed by atoms with Crippen LogP contribution in [-0.4, -0.2) is 62.3 Å². The third-order valence-electron chi connectivity index (χ3n) is 2.74. The Morgan fingerprint density at radius 3 is 2.33 bits per heavy atom. The maximum Gasteiger partial charge on any atom is 0.151 e. The monoisotopic (exact) mass is 262 g/mol. The van der Waals surface area contributed by atoms with Crippen molar-refractivity contribution in [3.8, 4) is 0 Å². The molecular weight excluding hydrogens is 240 g/mol. The molecule has 5 N–H and O–H groups in total. The lowest BCUT2D eigenvalue weighted by Gasteiger charge is -2.34. The van der Waals surface area contributed by atoms with Crippen LogP contribution in [0.3, 0.4) is 0 Å². The lowest BCUT2D eigenvalue weighted by molar-refractivity contribution is -0.161. The van der Waals surface area contributed by atoms with Gasteiger partial charge in [0.25, 0.3) is 0 Å². The fraction of sp³-hybridized carbons (Fsp3) is 0.750. The summed E-state index contributed by atoms with van der Waals surface area (Å²) < 4.78 is 0. The van der Waals surface area contributed by atoms with Gasteiger partial charge in [0.15, 0.2) is 6.29 Å². The van der Waals surface area contributed by atoms with Crippen LogP contribution in [0.1, 0.15) is 26.2 Å². The van der Waals surface area contributed by atoms with Crippen molar-refractivity contribution in [3.05, 3.63) is 12.2 Å². The summed E-state index contributed by atoms with van der Waals surface area (Å²) in [5, 5.41) is 47.2. The number of hydrogen-bond acceptors (Lipinski definition) is 6. The molecule has 0 fully saturated rings. The molecule has 106 valence electrons. The van der Waals surface area contributed by atoms with Crippen molar-refractivity contribution in [2.75, 3.05) is 6.61 Å². The zero-order valence-corrected chi connectivity index (χ0v) is 10.4. The number of carbonyl (C=O) groups is 1. The number of aliphatic hydroxyl groups is 5. The molecule has 0 rings (SSSR count). The second-order valence-electron chi connectivity index (χ2n) is 4.21. The first-order valence-corrected chi connectivity index (χ1v) is 5.94. The van der Waals surface area contributed by atoms with Crippen molar-refractivity contribution >= 4 is 6.29 Å². The van der Waals surface area contributed by atoms with Gasteiger partial charge in [-0.1, -0.05) is 31.9 Å². The fourth-order valence-corrected chi connectivity index (χ4v) is 1.48. The average Bonchev–Trinajstić information content (AvgIpc) is 2.40. The highest BCUT2D eigenvalue weighted by atomic mass is 16.4. The Morgan fingerprint density at radius 1 is 1.28 bits per heavy atom. The third kappa shape index (κ3) is 4.47. The molecule has 0 bridgehead atoms. The Hall–Kier alpha value is -0.790. The van der Waals surface area contributed by atoms with E-state index in [9.17, 15) is 25.2 Å². The van der Waals surface area contributed by atoms with E-state index >= 15 is 0 Å². The summed E-state index contributed by atoms with van der Waals surface area (Å²) >= 11 is 0. The zero-order chi connectivity index (χ0) is 14.2. The van der Waals surface area contributed by atoms with E-state index in [1.807, 2.05) is 6.92 Å². The van der Waals surface area contributed by atoms with Gasteiger partial charge in [-0.25, -0.2) is 0 Å². The number of aldehydes is 1. The summed E-state index contributed by atoms with van der Waals surface area (Å²) in [7, 11) is 0. The van der Waals surface area contributed by atoms with E-state index in [0.717, 1.165) is 18.9 Å². The van der Waals surface area contributed by atoms with Crippen molar-refractivity contribution < 1.29 is 30.3 Å². The molecule has 0 amide bonds. The number of hydrogen-bond donors (Lipinski definition) is 5. The highest BCUT2D eigenvalue weighted by molar-refractivity contribution is 5.59. The summed E-state index contributed by atoms with van der Waals surface area (Å²) in [5.41, 5.74) is -2.31. The molecule has 0 radical (unpaired) electrons. The van der Waals surface area contributed by atoms with Gasteiger partial charge in [-0.2, -0.15) is 0 Å². The SMILES string of the molecule is CCCC/C=C\[C@@](O)([C@@H](O)C=O)[C@@H](O)[C@H](O)CO. The maximum absolute atomic E-state index is 10.6. The Labute approximate surface area is 106 Å². The highest BCUT2D eigenvalue weighted by Crippen LogP contribution is 2.20. The van der Waals surface area contributed by atoms with E-state index in [4.69, 9.17) is 5.11 Å².